The van der Waals surface area contributed by atoms with E-state index in [9.17, 15) is 4.79 Å². The number of hydrogen-bond donors (Lipinski definition) is 1. The van der Waals surface area contributed by atoms with E-state index in [-0.39, 0.29) is 19.1 Å². The number of amides is 1. The van der Waals surface area contributed by atoms with E-state index in [0.29, 0.717) is 5.69 Å². The van der Waals surface area contributed by atoms with Crippen molar-refractivity contribution in [2.75, 3.05) is 13.1 Å². The van der Waals surface area contributed by atoms with Gasteiger partial charge in [-0.2, -0.15) is 0 Å². The number of carbonyl (C=O) groups is 1. The van der Waals surface area contributed by atoms with Crippen LogP contribution in [0.2, 0.25) is 0 Å². The third kappa shape index (κ3) is 2.33. The largest absolute Gasteiger partial charge is 0.390 e. The maximum Gasteiger partial charge on any atom is 0.244 e. The van der Waals surface area contributed by atoms with E-state index in [0.717, 1.165) is 25.9 Å². The average Bonchev–Trinajstić information content (AvgIpc) is 2.87. The van der Waals surface area contributed by atoms with Crippen LogP contribution in [0.3, 0.4) is 0 Å². The van der Waals surface area contributed by atoms with E-state index in [1.807, 2.05) is 4.90 Å². The first-order chi connectivity index (χ1) is 7.29. The second-order valence-electron chi connectivity index (χ2n) is 3.65. The Kier molecular flexibility index (Phi) is 2.96. The molecule has 2 rings (SSSR count). The zero-order chi connectivity index (χ0) is 10.7. The monoisotopic (exact) mass is 210 g/mol. The van der Waals surface area contributed by atoms with Crippen molar-refractivity contribution in [3.05, 3.63) is 11.9 Å². The van der Waals surface area contributed by atoms with Crippen molar-refractivity contribution in [3.8, 4) is 0 Å². The molecule has 0 aromatic carbocycles. The first kappa shape index (κ1) is 10.1. The van der Waals surface area contributed by atoms with Crippen molar-refractivity contribution in [1.82, 2.24) is 19.9 Å². The molecule has 0 aliphatic carbocycles. The van der Waals surface area contributed by atoms with Crippen molar-refractivity contribution in [2.45, 2.75) is 26.0 Å². The summed E-state index contributed by atoms with van der Waals surface area (Å²) in [5, 5.41) is 16.2. The number of aliphatic hydroxyl groups is 1. The normalized spacial score (nSPS) is 15.9. The van der Waals surface area contributed by atoms with E-state index in [1.165, 1.54) is 4.68 Å². The quantitative estimate of drug-likeness (QED) is 0.722. The highest BCUT2D eigenvalue weighted by Crippen LogP contribution is 2.08. The van der Waals surface area contributed by atoms with Crippen LogP contribution in [0.1, 0.15) is 18.5 Å². The summed E-state index contributed by atoms with van der Waals surface area (Å²) in [6.07, 6.45) is 3.77. The summed E-state index contributed by atoms with van der Waals surface area (Å²) in [6.45, 7) is 1.77. The highest BCUT2D eigenvalue weighted by atomic mass is 16.3. The zero-order valence-corrected chi connectivity index (χ0v) is 8.46. The molecule has 0 radical (unpaired) electrons. The van der Waals surface area contributed by atoms with Crippen molar-refractivity contribution >= 4 is 5.91 Å². The van der Waals surface area contributed by atoms with Gasteiger partial charge in [-0.25, -0.2) is 4.68 Å². The molecule has 82 valence electrons. The second kappa shape index (κ2) is 4.39. The zero-order valence-electron chi connectivity index (χ0n) is 8.46. The Balaban J connectivity index is 1.92. The van der Waals surface area contributed by atoms with Gasteiger partial charge in [-0.3, -0.25) is 4.79 Å². The van der Waals surface area contributed by atoms with Crippen molar-refractivity contribution in [2.24, 2.45) is 0 Å². The Labute approximate surface area is 87.5 Å². The molecule has 1 amide bonds. The lowest BCUT2D eigenvalue weighted by molar-refractivity contribution is -0.130. The minimum absolute atomic E-state index is 0.0712. The molecular formula is C9H14N4O2. The van der Waals surface area contributed by atoms with Gasteiger partial charge in [-0.1, -0.05) is 5.21 Å². The van der Waals surface area contributed by atoms with Crippen LogP contribution in [-0.4, -0.2) is 44.0 Å². The Morgan fingerprint density at radius 1 is 1.47 bits per heavy atom. The SMILES string of the molecule is O=C(Cn1cc(CO)nn1)N1CCCC1. The molecule has 1 saturated heterocycles. The molecule has 1 fully saturated rings. The molecule has 0 atom stereocenters. The Hall–Kier alpha value is -1.43. The number of aromatic nitrogens is 3. The van der Waals surface area contributed by atoms with Crippen LogP contribution in [0.5, 0.6) is 0 Å². The van der Waals surface area contributed by atoms with Crippen molar-refractivity contribution in [3.63, 3.8) is 0 Å². The van der Waals surface area contributed by atoms with Gasteiger partial charge in [0.2, 0.25) is 5.91 Å². The topological polar surface area (TPSA) is 71.2 Å². The van der Waals surface area contributed by atoms with Crippen molar-refractivity contribution < 1.29 is 9.90 Å². The van der Waals surface area contributed by atoms with Crippen LogP contribution in [0, 0.1) is 0 Å². The second-order valence-corrected chi connectivity index (χ2v) is 3.65. The molecule has 0 spiro atoms. The Morgan fingerprint density at radius 3 is 2.80 bits per heavy atom. The highest BCUT2D eigenvalue weighted by Gasteiger charge is 2.18. The van der Waals surface area contributed by atoms with Crippen LogP contribution in [0.25, 0.3) is 0 Å². The molecule has 0 unspecified atom stereocenters. The summed E-state index contributed by atoms with van der Waals surface area (Å²) >= 11 is 0. The Morgan fingerprint density at radius 2 is 2.20 bits per heavy atom. The molecule has 1 N–H and O–H groups in total. The van der Waals surface area contributed by atoms with Gasteiger partial charge >= 0.3 is 0 Å². The third-order valence-electron chi connectivity index (χ3n) is 2.50. The van der Waals surface area contributed by atoms with Gasteiger partial charge < -0.3 is 10.0 Å². The van der Waals surface area contributed by atoms with E-state index in [4.69, 9.17) is 5.11 Å². The molecule has 1 aromatic heterocycles. The summed E-state index contributed by atoms with van der Waals surface area (Å²) < 4.78 is 1.46. The van der Waals surface area contributed by atoms with Crippen LogP contribution in [-0.2, 0) is 17.9 Å². The summed E-state index contributed by atoms with van der Waals surface area (Å²) in [7, 11) is 0. The molecular weight excluding hydrogens is 196 g/mol. The van der Waals surface area contributed by atoms with Crippen LogP contribution < -0.4 is 0 Å². The number of likely N-dealkylation sites (tertiary alicyclic amines) is 1. The lowest BCUT2D eigenvalue weighted by atomic mass is 10.4. The fourth-order valence-corrected chi connectivity index (χ4v) is 1.69. The standard InChI is InChI=1S/C9H14N4O2/c14-7-8-5-13(11-10-8)6-9(15)12-3-1-2-4-12/h5,14H,1-4,6-7H2. The van der Waals surface area contributed by atoms with Gasteiger partial charge in [0.05, 0.1) is 12.8 Å². The highest BCUT2D eigenvalue weighted by molar-refractivity contribution is 5.76. The smallest absolute Gasteiger partial charge is 0.244 e. The van der Waals surface area contributed by atoms with Gasteiger partial charge in [0.1, 0.15) is 12.2 Å². The first-order valence-corrected chi connectivity index (χ1v) is 5.07. The third-order valence-corrected chi connectivity index (χ3v) is 2.50. The minimum Gasteiger partial charge on any atom is -0.390 e. The molecule has 0 saturated carbocycles. The number of rotatable bonds is 3. The first-order valence-electron chi connectivity index (χ1n) is 5.07. The molecule has 15 heavy (non-hydrogen) atoms. The fourth-order valence-electron chi connectivity index (χ4n) is 1.69. The van der Waals surface area contributed by atoms with Crippen LogP contribution >= 0.6 is 0 Å². The Bertz CT molecular complexity index is 344. The van der Waals surface area contributed by atoms with E-state index in [2.05, 4.69) is 10.3 Å². The summed E-state index contributed by atoms with van der Waals surface area (Å²) in [6, 6.07) is 0. The van der Waals surface area contributed by atoms with Crippen LogP contribution in [0.15, 0.2) is 6.20 Å². The molecule has 1 aromatic rings. The van der Waals surface area contributed by atoms with E-state index < -0.39 is 0 Å². The van der Waals surface area contributed by atoms with Gasteiger partial charge in [-0.05, 0) is 12.8 Å². The average molecular weight is 210 g/mol. The maximum absolute atomic E-state index is 11.7. The number of nitrogens with zero attached hydrogens (tertiary/aromatic N) is 4. The number of aliphatic hydroxyl groups excluding tert-OH is 1. The predicted molar refractivity (Wildman–Crippen MR) is 51.8 cm³/mol. The maximum atomic E-state index is 11.7. The minimum atomic E-state index is -0.141. The van der Waals surface area contributed by atoms with Gasteiger partial charge in [0.15, 0.2) is 0 Å². The predicted octanol–water partition coefficient (Wildman–Crippen LogP) is -0.607. The summed E-state index contributed by atoms with van der Waals surface area (Å²) in [5.74, 6) is 0.0712. The molecule has 6 nitrogen and oxygen atoms in total. The molecule has 2 heterocycles. The molecule has 1 aliphatic rings. The fraction of sp³-hybridized carbons (Fsp3) is 0.667. The van der Waals surface area contributed by atoms with Gasteiger partial charge in [0, 0.05) is 13.1 Å². The lowest BCUT2D eigenvalue weighted by Crippen LogP contribution is -2.31. The van der Waals surface area contributed by atoms with Crippen LogP contribution in [0.4, 0.5) is 0 Å². The van der Waals surface area contributed by atoms with E-state index in [1.54, 1.807) is 6.20 Å². The molecule has 0 bridgehead atoms. The van der Waals surface area contributed by atoms with Crippen molar-refractivity contribution in [1.29, 1.82) is 0 Å². The molecule has 1 aliphatic heterocycles. The summed E-state index contributed by atoms with van der Waals surface area (Å²) in [5.41, 5.74) is 0.490. The molecule has 6 heteroatoms. The van der Waals surface area contributed by atoms with Gasteiger partial charge in [0.25, 0.3) is 0 Å². The number of carbonyl (C=O) groups excluding carboxylic acids is 1. The van der Waals surface area contributed by atoms with Gasteiger partial charge in [-0.15, -0.1) is 5.10 Å². The lowest BCUT2D eigenvalue weighted by Gasteiger charge is -2.14. The summed E-state index contributed by atoms with van der Waals surface area (Å²) in [4.78, 5) is 13.5. The number of hydrogen-bond acceptors (Lipinski definition) is 4. The van der Waals surface area contributed by atoms with E-state index >= 15 is 0 Å².